The maximum Gasteiger partial charge on any atom is 0.236 e. The summed E-state index contributed by atoms with van der Waals surface area (Å²) in [6.45, 7) is 0. The molecule has 0 N–H and O–H groups in total. The van der Waals surface area contributed by atoms with E-state index < -0.39 is 0 Å². The van der Waals surface area contributed by atoms with Gasteiger partial charge in [0.2, 0.25) is 5.78 Å². The summed E-state index contributed by atoms with van der Waals surface area (Å²) in [5, 5.41) is 0. The summed E-state index contributed by atoms with van der Waals surface area (Å²) in [7, 11) is 0. The highest BCUT2D eigenvalue weighted by Crippen LogP contribution is 1.89. The molecular formula is C5H4N4. The normalized spacial score (nSPS) is 10.2. The average molecular weight is 120 g/mol. The fourth-order valence-electron chi connectivity index (χ4n) is 0.682. The van der Waals surface area contributed by atoms with Crippen LogP contribution in [0.4, 0.5) is 0 Å². The second-order valence-electron chi connectivity index (χ2n) is 1.64. The molecule has 4 heteroatoms. The Hall–Kier alpha value is -1.45. The molecule has 9 heavy (non-hydrogen) atoms. The van der Waals surface area contributed by atoms with Gasteiger partial charge < -0.3 is 0 Å². The fraction of sp³-hybridized carbons (Fsp3) is 0. The molecule has 0 saturated carbocycles. The number of fused-ring (bicyclic) bond motifs is 1. The monoisotopic (exact) mass is 120 g/mol. The summed E-state index contributed by atoms with van der Waals surface area (Å²) in [6, 6.07) is 0. The van der Waals surface area contributed by atoms with Crippen molar-refractivity contribution in [3.05, 3.63) is 25.0 Å². The van der Waals surface area contributed by atoms with E-state index >= 15 is 0 Å². The van der Waals surface area contributed by atoms with E-state index in [9.17, 15) is 0 Å². The summed E-state index contributed by atoms with van der Waals surface area (Å²) >= 11 is 0. The van der Waals surface area contributed by atoms with Crippen molar-refractivity contribution in [3.63, 3.8) is 0 Å². The number of aromatic nitrogens is 4. The van der Waals surface area contributed by atoms with Gasteiger partial charge >= 0.3 is 0 Å². The van der Waals surface area contributed by atoms with Crippen LogP contribution in [-0.4, -0.2) is 19.4 Å². The molecule has 0 aliphatic rings. The summed E-state index contributed by atoms with van der Waals surface area (Å²) in [5.74, 6) is 0.685. The smallest absolute Gasteiger partial charge is 0.236 e. The van der Waals surface area contributed by atoms with Gasteiger partial charge in [-0.1, -0.05) is 0 Å². The van der Waals surface area contributed by atoms with Gasteiger partial charge in [-0.25, -0.2) is 15.0 Å². The lowest BCUT2D eigenvalue weighted by molar-refractivity contribution is 1.01. The highest BCUT2D eigenvalue weighted by Gasteiger charge is 1.88. The third-order valence-corrected chi connectivity index (χ3v) is 1.08. The summed E-state index contributed by atoms with van der Waals surface area (Å²) in [5.41, 5.74) is 0. The molecular weight excluding hydrogens is 116 g/mol. The summed E-state index contributed by atoms with van der Waals surface area (Å²) < 4.78 is 1.75. The Kier molecular flexibility index (Phi) is 0.745. The van der Waals surface area contributed by atoms with Crippen LogP contribution < -0.4 is 0 Å². The molecule has 2 heterocycles. The number of hydrogen-bond acceptors (Lipinski definition) is 3. The van der Waals surface area contributed by atoms with Gasteiger partial charge in [-0.05, 0) is 0 Å². The Labute approximate surface area is 51.2 Å². The van der Waals surface area contributed by atoms with Gasteiger partial charge in [0.25, 0.3) is 0 Å². The van der Waals surface area contributed by atoms with Crippen LogP contribution in [0.2, 0.25) is 0 Å². The van der Waals surface area contributed by atoms with E-state index in [2.05, 4.69) is 15.0 Å². The van der Waals surface area contributed by atoms with Crippen molar-refractivity contribution in [1.29, 1.82) is 0 Å². The summed E-state index contributed by atoms with van der Waals surface area (Å²) in [4.78, 5) is 11.6. The Morgan fingerprint density at radius 2 is 2.33 bits per heavy atom. The molecule has 2 aromatic rings. The van der Waals surface area contributed by atoms with Crippen molar-refractivity contribution in [1.82, 2.24) is 19.4 Å². The van der Waals surface area contributed by atoms with Crippen LogP contribution in [0.15, 0.2) is 25.0 Å². The van der Waals surface area contributed by atoms with E-state index in [4.69, 9.17) is 0 Å². The van der Waals surface area contributed by atoms with Crippen LogP contribution in [0.3, 0.4) is 0 Å². The van der Waals surface area contributed by atoms with Crippen molar-refractivity contribution in [2.45, 2.75) is 0 Å². The van der Waals surface area contributed by atoms with E-state index in [0.29, 0.717) is 5.78 Å². The predicted octanol–water partition coefficient (Wildman–Crippen LogP) is 0.124. The first-order valence-electron chi connectivity index (χ1n) is 2.55. The van der Waals surface area contributed by atoms with Gasteiger partial charge in [0, 0.05) is 12.4 Å². The van der Waals surface area contributed by atoms with Crippen LogP contribution in [0, 0.1) is 0 Å². The Morgan fingerprint density at radius 3 is 3.22 bits per heavy atom. The van der Waals surface area contributed by atoms with Gasteiger partial charge in [-0.3, -0.25) is 4.40 Å². The number of rotatable bonds is 0. The van der Waals surface area contributed by atoms with Crippen molar-refractivity contribution < 1.29 is 0 Å². The van der Waals surface area contributed by atoms with Gasteiger partial charge in [-0.2, -0.15) is 0 Å². The largest absolute Gasteiger partial charge is 0.274 e. The third-order valence-electron chi connectivity index (χ3n) is 1.08. The highest BCUT2D eigenvalue weighted by molar-refractivity contribution is 5.23. The SMILES string of the molecule is c1cn2cncnc2n1. The van der Waals surface area contributed by atoms with Gasteiger partial charge in [0.05, 0.1) is 0 Å². The minimum Gasteiger partial charge on any atom is -0.274 e. The highest BCUT2D eigenvalue weighted by atomic mass is 15.1. The van der Waals surface area contributed by atoms with Gasteiger partial charge in [0.1, 0.15) is 12.7 Å². The number of nitrogens with zero attached hydrogens (tertiary/aromatic N) is 4. The molecule has 0 aliphatic heterocycles. The van der Waals surface area contributed by atoms with Crippen LogP contribution in [0.5, 0.6) is 0 Å². The van der Waals surface area contributed by atoms with Crippen molar-refractivity contribution in [2.24, 2.45) is 0 Å². The second kappa shape index (κ2) is 1.51. The fourth-order valence-corrected chi connectivity index (χ4v) is 0.682. The molecule has 0 atom stereocenters. The molecule has 0 unspecified atom stereocenters. The molecule has 0 fully saturated rings. The van der Waals surface area contributed by atoms with E-state index in [0.717, 1.165) is 0 Å². The molecule has 0 amide bonds. The zero-order chi connectivity index (χ0) is 6.10. The molecule has 0 bridgehead atoms. The van der Waals surface area contributed by atoms with E-state index in [1.807, 2.05) is 0 Å². The first kappa shape index (κ1) is 4.43. The van der Waals surface area contributed by atoms with Crippen molar-refractivity contribution >= 4 is 5.78 Å². The average Bonchev–Trinajstić information content (AvgIpc) is 2.33. The molecule has 2 aromatic heterocycles. The lowest BCUT2D eigenvalue weighted by atomic mass is 10.9. The van der Waals surface area contributed by atoms with Crippen LogP contribution >= 0.6 is 0 Å². The first-order chi connectivity index (χ1) is 4.47. The maximum absolute atomic E-state index is 3.93. The minimum atomic E-state index is 0.685. The molecule has 0 saturated heterocycles. The summed E-state index contributed by atoms with van der Waals surface area (Å²) in [6.07, 6.45) is 6.62. The van der Waals surface area contributed by atoms with Crippen LogP contribution in [0.1, 0.15) is 0 Å². The number of imidazole rings is 1. The minimum absolute atomic E-state index is 0.685. The molecule has 0 aromatic carbocycles. The molecule has 0 radical (unpaired) electrons. The standard InChI is InChI=1S/C5H4N4/c1-2-9-4-6-3-8-5(9)7-1/h1-4H. The zero-order valence-corrected chi connectivity index (χ0v) is 4.60. The number of hydrogen-bond donors (Lipinski definition) is 0. The maximum atomic E-state index is 3.93. The van der Waals surface area contributed by atoms with E-state index in [-0.39, 0.29) is 0 Å². The van der Waals surface area contributed by atoms with E-state index in [1.165, 1.54) is 6.33 Å². The van der Waals surface area contributed by atoms with Crippen LogP contribution in [-0.2, 0) is 0 Å². The molecule has 0 aliphatic carbocycles. The molecule has 0 spiro atoms. The third kappa shape index (κ3) is 0.561. The molecule has 2 rings (SSSR count). The van der Waals surface area contributed by atoms with Crippen molar-refractivity contribution in [2.75, 3.05) is 0 Å². The van der Waals surface area contributed by atoms with Crippen molar-refractivity contribution in [3.8, 4) is 0 Å². The van der Waals surface area contributed by atoms with Crippen LogP contribution in [0.25, 0.3) is 5.78 Å². The second-order valence-corrected chi connectivity index (χ2v) is 1.64. The quantitative estimate of drug-likeness (QED) is 0.496. The predicted molar refractivity (Wildman–Crippen MR) is 30.8 cm³/mol. The van der Waals surface area contributed by atoms with Gasteiger partial charge in [-0.15, -0.1) is 0 Å². The Balaban J connectivity index is 2.95. The Morgan fingerprint density at radius 1 is 1.33 bits per heavy atom. The lowest BCUT2D eigenvalue weighted by Gasteiger charge is -1.84. The van der Waals surface area contributed by atoms with Gasteiger partial charge in [0.15, 0.2) is 0 Å². The van der Waals surface area contributed by atoms with E-state index in [1.54, 1.807) is 23.1 Å². The topological polar surface area (TPSA) is 43.1 Å². The molecule has 44 valence electrons. The first-order valence-corrected chi connectivity index (χ1v) is 2.55. The molecule has 4 nitrogen and oxygen atoms in total. The Bertz CT molecular complexity index is 283. The lowest BCUT2D eigenvalue weighted by Crippen LogP contribution is -1.86. The zero-order valence-electron chi connectivity index (χ0n) is 4.60.